The summed E-state index contributed by atoms with van der Waals surface area (Å²) in [5.74, 6) is -2.49. The molecule has 186 valence electrons. The molecule has 2 aromatic carbocycles. The normalized spacial score (nSPS) is 13.4. The van der Waals surface area contributed by atoms with Crippen LogP contribution in [0.1, 0.15) is 29.3 Å². The highest BCUT2D eigenvalue weighted by Crippen LogP contribution is 2.31. The number of anilines is 2. The fourth-order valence-electron chi connectivity index (χ4n) is 3.83. The van der Waals surface area contributed by atoms with Crippen molar-refractivity contribution in [3.63, 3.8) is 0 Å². The van der Waals surface area contributed by atoms with Gasteiger partial charge < -0.3 is 15.5 Å². The minimum absolute atomic E-state index is 0.0480. The molecule has 4 rings (SSSR count). The molecule has 35 heavy (non-hydrogen) atoms. The van der Waals surface area contributed by atoms with Gasteiger partial charge in [0.05, 0.1) is 24.1 Å². The average molecular weight is 489 g/mol. The minimum Gasteiger partial charge on any atom is -0.396 e. The zero-order chi connectivity index (χ0) is 25.6. The smallest absolute Gasteiger partial charge is 0.396 e. The van der Waals surface area contributed by atoms with Gasteiger partial charge >= 0.3 is 12.1 Å². The molecule has 2 N–H and O–H groups in total. The molecule has 1 aliphatic heterocycles. The van der Waals surface area contributed by atoms with Crippen LogP contribution in [0.5, 0.6) is 0 Å². The Morgan fingerprint density at radius 3 is 2.40 bits per heavy atom. The van der Waals surface area contributed by atoms with Gasteiger partial charge in [0.25, 0.3) is 0 Å². The third kappa shape index (κ3) is 6.71. The minimum atomic E-state index is -4.93. The van der Waals surface area contributed by atoms with E-state index in [1.54, 1.807) is 25.1 Å². The predicted molar refractivity (Wildman–Crippen MR) is 128 cm³/mol. The molecule has 1 aliphatic rings. The fraction of sp³-hybridized carbons (Fsp3) is 0.308. The number of nitrogens with zero attached hydrogens (tertiary/aromatic N) is 3. The SMILES string of the molecule is CCc1ccccc1.Cc1cccc2c1CN(C(=O)C(F)(F)F)CCN2Cc1cc(N)c(F)cn1. The van der Waals surface area contributed by atoms with Crippen molar-refractivity contribution in [2.45, 2.75) is 39.5 Å². The van der Waals surface area contributed by atoms with E-state index in [9.17, 15) is 22.4 Å². The molecule has 2 heterocycles. The topological polar surface area (TPSA) is 62.5 Å². The molecule has 0 bridgehead atoms. The molecule has 3 aromatic rings. The van der Waals surface area contributed by atoms with Gasteiger partial charge in [-0.2, -0.15) is 13.2 Å². The summed E-state index contributed by atoms with van der Waals surface area (Å²) in [4.78, 5) is 18.4. The Morgan fingerprint density at radius 1 is 1.09 bits per heavy atom. The summed E-state index contributed by atoms with van der Waals surface area (Å²) in [6.45, 7) is 4.13. The van der Waals surface area contributed by atoms with Crippen LogP contribution >= 0.6 is 0 Å². The second-order valence-corrected chi connectivity index (χ2v) is 8.25. The molecule has 0 fully saturated rings. The standard InChI is InChI=1S/C18H18F4N4O.C8H10/c1-11-3-2-4-16-13(11)10-26(17(27)18(20,21)22)6-5-25(16)9-12-7-15(23)14(19)8-24-12;1-2-8-6-4-3-5-7-8/h2-4,7-8H,5-6,9-10H2,1H3,(H2,23,24);3-7H,2H2,1H3. The lowest BCUT2D eigenvalue weighted by Crippen LogP contribution is -2.42. The first kappa shape index (κ1) is 26.0. The molecule has 0 radical (unpaired) electrons. The van der Waals surface area contributed by atoms with Crippen LogP contribution in [0.15, 0.2) is 60.8 Å². The van der Waals surface area contributed by atoms with E-state index in [2.05, 4.69) is 36.2 Å². The number of nitrogens with two attached hydrogens (primary N) is 1. The zero-order valence-corrected chi connectivity index (χ0v) is 19.6. The Hall–Kier alpha value is -3.62. The van der Waals surface area contributed by atoms with Crippen molar-refractivity contribution in [1.29, 1.82) is 0 Å². The van der Waals surface area contributed by atoms with Crippen molar-refractivity contribution in [2.24, 2.45) is 0 Å². The van der Waals surface area contributed by atoms with Gasteiger partial charge in [-0.3, -0.25) is 9.78 Å². The highest BCUT2D eigenvalue weighted by atomic mass is 19.4. The van der Waals surface area contributed by atoms with E-state index in [0.717, 1.165) is 28.8 Å². The summed E-state index contributed by atoms with van der Waals surface area (Å²) < 4.78 is 52.0. The van der Waals surface area contributed by atoms with Crippen LogP contribution in [-0.2, 0) is 24.3 Å². The number of pyridine rings is 1. The molecule has 0 saturated carbocycles. The highest BCUT2D eigenvalue weighted by Gasteiger charge is 2.43. The Bertz CT molecular complexity index is 1150. The number of hydrogen-bond acceptors (Lipinski definition) is 4. The number of halogens is 4. The second kappa shape index (κ2) is 11.2. The maximum Gasteiger partial charge on any atom is 0.471 e. The average Bonchev–Trinajstić information content (AvgIpc) is 3.02. The summed E-state index contributed by atoms with van der Waals surface area (Å²) in [6, 6.07) is 17.2. The van der Waals surface area contributed by atoms with Gasteiger partial charge in [-0.25, -0.2) is 4.39 Å². The third-order valence-corrected chi connectivity index (χ3v) is 5.79. The first-order valence-corrected chi connectivity index (χ1v) is 11.2. The summed E-state index contributed by atoms with van der Waals surface area (Å²) in [5, 5.41) is 0. The Morgan fingerprint density at radius 2 is 1.80 bits per heavy atom. The second-order valence-electron chi connectivity index (χ2n) is 8.25. The number of alkyl halides is 3. The number of fused-ring (bicyclic) bond motifs is 1. The first-order chi connectivity index (χ1) is 16.6. The van der Waals surface area contributed by atoms with Crippen LogP contribution in [0.2, 0.25) is 0 Å². The molecule has 0 atom stereocenters. The van der Waals surface area contributed by atoms with Crippen LogP contribution in [0.25, 0.3) is 0 Å². The van der Waals surface area contributed by atoms with Gasteiger partial charge in [0.15, 0.2) is 5.82 Å². The van der Waals surface area contributed by atoms with Crippen LogP contribution in [-0.4, -0.2) is 35.1 Å². The summed E-state index contributed by atoms with van der Waals surface area (Å²) >= 11 is 0. The number of carbonyl (C=O) groups is 1. The number of aryl methyl sites for hydroxylation is 2. The zero-order valence-electron chi connectivity index (χ0n) is 19.6. The third-order valence-electron chi connectivity index (χ3n) is 5.79. The molecule has 1 amide bonds. The molecule has 0 saturated heterocycles. The Labute approximate surface area is 202 Å². The molecule has 9 heteroatoms. The molecular weight excluding hydrogens is 460 g/mol. The van der Waals surface area contributed by atoms with Crippen molar-refractivity contribution >= 4 is 17.3 Å². The van der Waals surface area contributed by atoms with Crippen LogP contribution in [0.3, 0.4) is 0 Å². The van der Waals surface area contributed by atoms with Crippen molar-refractivity contribution in [3.8, 4) is 0 Å². The summed E-state index contributed by atoms with van der Waals surface area (Å²) in [5.41, 5.74) is 9.56. The molecule has 0 unspecified atom stereocenters. The van der Waals surface area contributed by atoms with Crippen LogP contribution in [0.4, 0.5) is 28.9 Å². The maximum absolute atomic E-state index is 13.3. The van der Waals surface area contributed by atoms with E-state index in [1.165, 1.54) is 11.6 Å². The molecule has 0 aliphatic carbocycles. The van der Waals surface area contributed by atoms with E-state index in [0.29, 0.717) is 11.3 Å². The number of aromatic nitrogens is 1. The number of hydrogen-bond donors (Lipinski definition) is 1. The molecule has 0 spiro atoms. The van der Waals surface area contributed by atoms with E-state index in [4.69, 9.17) is 5.73 Å². The van der Waals surface area contributed by atoms with Gasteiger partial charge in [0, 0.05) is 25.3 Å². The van der Waals surface area contributed by atoms with Gasteiger partial charge in [-0.05, 0) is 42.2 Å². The van der Waals surface area contributed by atoms with Crippen molar-refractivity contribution in [1.82, 2.24) is 9.88 Å². The Kier molecular flexibility index (Phi) is 8.32. The summed E-state index contributed by atoms with van der Waals surface area (Å²) in [7, 11) is 0. The lowest BCUT2D eigenvalue weighted by Gasteiger charge is -2.25. The van der Waals surface area contributed by atoms with Crippen LogP contribution in [0, 0.1) is 12.7 Å². The summed E-state index contributed by atoms with van der Waals surface area (Å²) in [6.07, 6.45) is -2.77. The van der Waals surface area contributed by atoms with Crippen LogP contribution < -0.4 is 10.6 Å². The first-order valence-electron chi connectivity index (χ1n) is 11.2. The maximum atomic E-state index is 13.3. The van der Waals surface area contributed by atoms with E-state index >= 15 is 0 Å². The lowest BCUT2D eigenvalue weighted by molar-refractivity contribution is -0.185. The number of carbonyl (C=O) groups excluding carboxylic acids is 1. The van der Waals surface area contributed by atoms with Crippen molar-refractivity contribution in [2.75, 3.05) is 23.7 Å². The van der Waals surface area contributed by atoms with E-state index in [-0.39, 0.29) is 31.9 Å². The number of benzene rings is 2. The largest absolute Gasteiger partial charge is 0.471 e. The van der Waals surface area contributed by atoms with Crippen molar-refractivity contribution < 1.29 is 22.4 Å². The molecule has 1 aromatic heterocycles. The van der Waals surface area contributed by atoms with Gasteiger partial charge in [-0.15, -0.1) is 0 Å². The van der Waals surface area contributed by atoms with Crippen molar-refractivity contribution in [3.05, 3.63) is 89.0 Å². The molecular formula is C26H28F4N4O. The van der Waals surface area contributed by atoms with E-state index < -0.39 is 17.9 Å². The number of nitrogen functional groups attached to an aromatic ring is 1. The lowest BCUT2D eigenvalue weighted by atomic mass is 10.1. The molecule has 5 nitrogen and oxygen atoms in total. The predicted octanol–water partition coefficient (Wildman–Crippen LogP) is 5.27. The fourth-order valence-corrected chi connectivity index (χ4v) is 3.83. The van der Waals surface area contributed by atoms with Gasteiger partial charge in [0.2, 0.25) is 0 Å². The number of rotatable bonds is 3. The quantitative estimate of drug-likeness (QED) is 0.510. The number of amides is 1. The monoisotopic (exact) mass is 488 g/mol. The van der Waals surface area contributed by atoms with Gasteiger partial charge in [-0.1, -0.05) is 49.4 Å². The Balaban J connectivity index is 0.000000363. The highest BCUT2D eigenvalue weighted by molar-refractivity contribution is 5.82. The van der Waals surface area contributed by atoms with Gasteiger partial charge in [0.1, 0.15) is 0 Å². The van der Waals surface area contributed by atoms with E-state index in [1.807, 2.05) is 11.0 Å².